The second-order valence-corrected chi connectivity index (χ2v) is 9.18. The molecule has 1 aliphatic heterocycles. The number of hydrogen-bond acceptors (Lipinski definition) is 2. The van der Waals surface area contributed by atoms with E-state index >= 15 is 0 Å². The van der Waals surface area contributed by atoms with E-state index in [1.54, 1.807) is 0 Å². The Kier molecular flexibility index (Phi) is 5.61. The van der Waals surface area contributed by atoms with Crippen LogP contribution in [0.1, 0.15) is 37.6 Å². The van der Waals surface area contributed by atoms with Crippen molar-refractivity contribution >= 4 is 17.7 Å². The third-order valence-corrected chi connectivity index (χ3v) is 5.53. The van der Waals surface area contributed by atoms with Crippen LogP contribution in [-0.4, -0.2) is 27.7 Å². The number of hydrogen-bond donors (Lipinski definition) is 0. The molecule has 1 aliphatic rings. The van der Waals surface area contributed by atoms with Crippen LogP contribution < -0.4 is 0 Å². The van der Waals surface area contributed by atoms with Crippen molar-refractivity contribution in [3.05, 3.63) is 82.6 Å². The Labute approximate surface area is 183 Å². The zero-order chi connectivity index (χ0) is 21.3. The van der Waals surface area contributed by atoms with Gasteiger partial charge >= 0.3 is 6.09 Å². The van der Waals surface area contributed by atoms with Gasteiger partial charge in [-0.25, -0.2) is 4.79 Å². The van der Waals surface area contributed by atoms with Crippen molar-refractivity contribution in [1.29, 1.82) is 0 Å². The Morgan fingerprint density at radius 2 is 1.77 bits per heavy atom. The zero-order valence-corrected chi connectivity index (χ0v) is 18.4. The molecule has 0 saturated carbocycles. The van der Waals surface area contributed by atoms with E-state index < -0.39 is 5.60 Å². The second-order valence-electron chi connectivity index (χ2n) is 8.74. The number of amides is 1. The minimum Gasteiger partial charge on any atom is -0.444 e. The molecule has 1 amide bonds. The van der Waals surface area contributed by atoms with E-state index in [0.717, 1.165) is 23.6 Å². The molecule has 0 fully saturated rings. The topological polar surface area (TPSA) is 34.5 Å². The predicted molar refractivity (Wildman–Crippen MR) is 121 cm³/mol. The number of nitrogens with zero attached hydrogens (tertiary/aromatic N) is 2. The number of carbonyl (C=O) groups excluding carboxylic acids is 1. The first-order chi connectivity index (χ1) is 14.3. The lowest BCUT2D eigenvalue weighted by Crippen LogP contribution is -2.40. The number of benzene rings is 2. The van der Waals surface area contributed by atoms with Gasteiger partial charge in [0.1, 0.15) is 5.60 Å². The van der Waals surface area contributed by atoms with Crippen molar-refractivity contribution in [3.8, 4) is 11.1 Å². The molecule has 5 heteroatoms. The van der Waals surface area contributed by atoms with Crippen molar-refractivity contribution in [2.75, 3.05) is 6.54 Å². The standard InChI is InChI=1S/C25H27ClN2O2/c1-25(2,3)30-24(29)27-14-13-23-22(17-27)21(19-7-5-4-6-8-19)16-28(23)15-18-9-11-20(26)12-10-18/h4-12,16H,13-15,17H2,1-3H3. The first kappa shape index (κ1) is 20.5. The number of halogens is 1. The fourth-order valence-electron chi connectivity index (χ4n) is 3.90. The molecule has 0 radical (unpaired) electrons. The van der Waals surface area contributed by atoms with Gasteiger partial charge in [-0.1, -0.05) is 54.1 Å². The molecule has 2 aromatic carbocycles. The molecule has 156 valence electrons. The van der Waals surface area contributed by atoms with Gasteiger partial charge in [0.05, 0.1) is 6.54 Å². The van der Waals surface area contributed by atoms with E-state index in [-0.39, 0.29) is 6.09 Å². The normalized spacial score (nSPS) is 13.8. The zero-order valence-electron chi connectivity index (χ0n) is 17.7. The summed E-state index contributed by atoms with van der Waals surface area (Å²) in [5.74, 6) is 0. The molecule has 2 heterocycles. The van der Waals surface area contributed by atoms with Gasteiger partial charge in [0.15, 0.2) is 0 Å². The summed E-state index contributed by atoms with van der Waals surface area (Å²) < 4.78 is 7.93. The van der Waals surface area contributed by atoms with E-state index in [2.05, 4.69) is 35.0 Å². The van der Waals surface area contributed by atoms with Crippen LogP contribution >= 0.6 is 11.6 Å². The molecule has 0 spiro atoms. The Morgan fingerprint density at radius 3 is 2.43 bits per heavy atom. The number of ether oxygens (including phenoxy) is 1. The van der Waals surface area contributed by atoms with E-state index in [1.807, 2.05) is 56.0 Å². The molecule has 4 nitrogen and oxygen atoms in total. The lowest BCUT2D eigenvalue weighted by Gasteiger charge is -2.31. The maximum Gasteiger partial charge on any atom is 0.410 e. The largest absolute Gasteiger partial charge is 0.444 e. The fourth-order valence-corrected chi connectivity index (χ4v) is 4.02. The Balaban J connectivity index is 1.68. The number of aromatic nitrogens is 1. The SMILES string of the molecule is CC(C)(C)OC(=O)N1CCc2c(c(-c3ccccc3)cn2Cc2ccc(Cl)cc2)C1. The summed E-state index contributed by atoms with van der Waals surface area (Å²) in [5.41, 5.74) is 5.52. The summed E-state index contributed by atoms with van der Waals surface area (Å²) >= 11 is 6.05. The van der Waals surface area contributed by atoms with Gasteiger partial charge in [0.2, 0.25) is 0 Å². The summed E-state index contributed by atoms with van der Waals surface area (Å²) in [6.45, 7) is 7.69. The molecule has 0 bridgehead atoms. The van der Waals surface area contributed by atoms with E-state index in [9.17, 15) is 4.79 Å². The highest BCUT2D eigenvalue weighted by molar-refractivity contribution is 6.30. The summed E-state index contributed by atoms with van der Waals surface area (Å²) in [7, 11) is 0. The number of fused-ring (bicyclic) bond motifs is 1. The molecule has 0 aliphatic carbocycles. The average molecular weight is 423 g/mol. The summed E-state index contributed by atoms with van der Waals surface area (Å²) in [6, 6.07) is 18.3. The first-order valence-electron chi connectivity index (χ1n) is 10.3. The molecule has 0 unspecified atom stereocenters. The van der Waals surface area contributed by atoms with Gasteiger partial charge in [-0.2, -0.15) is 0 Å². The second kappa shape index (κ2) is 8.19. The molecule has 0 N–H and O–H groups in total. The molecular formula is C25H27ClN2O2. The number of rotatable bonds is 3. The summed E-state index contributed by atoms with van der Waals surface area (Å²) in [4.78, 5) is 14.5. The smallest absolute Gasteiger partial charge is 0.410 e. The van der Waals surface area contributed by atoms with Crippen LogP contribution in [0.3, 0.4) is 0 Å². The third kappa shape index (κ3) is 4.54. The first-order valence-corrected chi connectivity index (χ1v) is 10.7. The van der Waals surface area contributed by atoms with Crippen LogP contribution in [0.2, 0.25) is 5.02 Å². The van der Waals surface area contributed by atoms with Crippen molar-refractivity contribution in [1.82, 2.24) is 9.47 Å². The van der Waals surface area contributed by atoms with Gasteiger partial charge in [0.25, 0.3) is 0 Å². The van der Waals surface area contributed by atoms with Crippen molar-refractivity contribution < 1.29 is 9.53 Å². The lowest BCUT2D eigenvalue weighted by atomic mass is 9.99. The molecule has 0 atom stereocenters. The van der Waals surface area contributed by atoms with Crippen molar-refractivity contribution in [2.24, 2.45) is 0 Å². The fraction of sp³-hybridized carbons (Fsp3) is 0.320. The molecule has 1 aromatic heterocycles. The van der Waals surface area contributed by atoms with Crippen LogP contribution in [-0.2, 0) is 24.2 Å². The third-order valence-electron chi connectivity index (χ3n) is 5.28. The molecule has 3 aromatic rings. The molecule has 30 heavy (non-hydrogen) atoms. The summed E-state index contributed by atoms with van der Waals surface area (Å²) in [5, 5.41) is 0.742. The van der Waals surface area contributed by atoms with Crippen LogP contribution in [0.15, 0.2) is 60.8 Å². The van der Waals surface area contributed by atoms with Gasteiger partial charge < -0.3 is 14.2 Å². The van der Waals surface area contributed by atoms with Gasteiger partial charge in [-0.05, 0) is 44.0 Å². The average Bonchev–Trinajstić information content (AvgIpc) is 3.07. The quantitative estimate of drug-likeness (QED) is 0.507. The highest BCUT2D eigenvalue weighted by Crippen LogP contribution is 2.33. The number of carbonyl (C=O) groups is 1. The van der Waals surface area contributed by atoms with E-state index in [1.165, 1.54) is 22.4 Å². The van der Waals surface area contributed by atoms with E-state index in [0.29, 0.717) is 13.1 Å². The van der Waals surface area contributed by atoms with Gasteiger partial charge in [-0.15, -0.1) is 0 Å². The molecular weight excluding hydrogens is 396 g/mol. The van der Waals surface area contributed by atoms with Crippen molar-refractivity contribution in [3.63, 3.8) is 0 Å². The van der Waals surface area contributed by atoms with Crippen LogP contribution in [0.4, 0.5) is 4.79 Å². The lowest BCUT2D eigenvalue weighted by molar-refractivity contribution is 0.0223. The van der Waals surface area contributed by atoms with E-state index in [4.69, 9.17) is 16.3 Å². The minimum atomic E-state index is -0.500. The van der Waals surface area contributed by atoms with Gasteiger partial charge in [0, 0.05) is 47.6 Å². The van der Waals surface area contributed by atoms with Gasteiger partial charge in [-0.3, -0.25) is 0 Å². The highest BCUT2D eigenvalue weighted by atomic mass is 35.5. The monoisotopic (exact) mass is 422 g/mol. The highest BCUT2D eigenvalue weighted by Gasteiger charge is 2.29. The maximum atomic E-state index is 12.7. The Bertz CT molecular complexity index is 1030. The van der Waals surface area contributed by atoms with Crippen LogP contribution in [0, 0.1) is 0 Å². The Hall–Kier alpha value is -2.72. The van der Waals surface area contributed by atoms with Crippen LogP contribution in [0.25, 0.3) is 11.1 Å². The maximum absolute atomic E-state index is 12.7. The minimum absolute atomic E-state index is 0.252. The predicted octanol–water partition coefficient (Wildman–Crippen LogP) is 6.15. The van der Waals surface area contributed by atoms with Crippen LogP contribution in [0.5, 0.6) is 0 Å². The van der Waals surface area contributed by atoms with Crippen molar-refractivity contribution in [2.45, 2.75) is 45.9 Å². The summed E-state index contributed by atoms with van der Waals surface area (Å²) in [6.07, 6.45) is 2.76. The Morgan fingerprint density at radius 1 is 1.07 bits per heavy atom. The molecule has 0 saturated heterocycles. The molecule has 4 rings (SSSR count).